The summed E-state index contributed by atoms with van der Waals surface area (Å²) >= 11 is 0. The van der Waals surface area contributed by atoms with Gasteiger partial charge in [-0.3, -0.25) is 0 Å². The highest BCUT2D eigenvalue weighted by Gasteiger charge is 2.96. The van der Waals surface area contributed by atoms with Gasteiger partial charge in [-0.15, -0.1) is 0 Å². The van der Waals surface area contributed by atoms with E-state index in [-0.39, 0.29) is 0 Å². The molecule has 1 atom stereocenters. The Bertz CT molecular complexity index is 801. The smallest absolute Gasteiger partial charge is 0.388 e. The van der Waals surface area contributed by atoms with Crippen LogP contribution in [0, 0.1) is 0 Å². The van der Waals surface area contributed by atoms with E-state index in [1.807, 2.05) is 0 Å². The summed E-state index contributed by atoms with van der Waals surface area (Å²) in [4.78, 5) is 0. The lowest BCUT2D eigenvalue weighted by Gasteiger charge is -2.47. The molecule has 0 rings (SSSR count). The largest absolute Gasteiger partial charge is 0.422 e. The minimum atomic E-state index is -8.61. The average molecular weight is 622 g/mol. The van der Waals surface area contributed by atoms with Gasteiger partial charge in [0, 0.05) is 12.2 Å². The zero-order valence-corrected chi connectivity index (χ0v) is 21.2. The van der Waals surface area contributed by atoms with Crippen molar-refractivity contribution in [2.45, 2.75) is 113 Å². The summed E-state index contributed by atoms with van der Waals surface area (Å²) in [6, 6.07) is -1.46. The van der Waals surface area contributed by atoms with Gasteiger partial charge in [0.15, 0.2) is 6.17 Å². The lowest BCUT2D eigenvalue weighted by Crippen LogP contribution is -2.78. The summed E-state index contributed by atoms with van der Waals surface area (Å²) in [5.74, 6) is -56.7. The number of hydrogen-bond acceptors (Lipinski definition) is 2. The Morgan fingerprint density at radius 2 is 0.763 bits per heavy atom. The van der Waals surface area contributed by atoms with Gasteiger partial charge in [0.1, 0.15) is 0 Å². The van der Waals surface area contributed by atoms with Crippen LogP contribution >= 0.6 is 0 Å². The van der Waals surface area contributed by atoms with Crippen molar-refractivity contribution in [3.8, 4) is 0 Å². The van der Waals surface area contributed by atoms with E-state index in [0.29, 0.717) is 6.92 Å². The van der Waals surface area contributed by atoms with Crippen LogP contribution in [0.2, 0.25) is 6.04 Å². The lowest BCUT2D eigenvalue weighted by molar-refractivity contribution is -0.452. The Morgan fingerprint density at radius 1 is 0.500 bits per heavy atom. The molecular weight excluding hydrogens is 599 g/mol. The Labute approximate surface area is 206 Å². The van der Waals surface area contributed by atoms with E-state index in [1.54, 1.807) is 0 Å². The third kappa shape index (κ3) is 4.98. The summed E-state index contributed by atoms with van der Waals surface area (Å²) < 4.78 is 247. The highest BCUT2D eigenvalue weighted by molar-refractivity contribution is 6.70. The van der Waals surface area contributed by atoms with E-state index in [2.05, 4.69) is 8.85 Å². The Hall–Kier alpha value is -1.05. The van der Waals surface area contributed by atoms with E-state index in [9.17, 15) is 74.6 Å². The van der Waals surface area contributed by atoms with Gasteiger partial charge in [-0.1, -0.05) is 6.92 Å². The minimum absolute atomic E-state index is 0.556. The normalized spacial score (nSPS) is 17.0. The van der Waals surface area contributed by atoms with Crippen molar-refractivity contribution >= 4 is 8.56 Å². The molecule has 230 valence electrons. The molecule has 1 unspecified atom stereocenters. The van der Waals surface area contributed by atoms with E-state index in [0.717, 1.165) is 27.7 Å². The highest BCUT2D eigenvalue weighted by Crippen LogP contribution is 2.65. The standard InChI is InChI=1S/C18H23F17O2Si/c1-7-38(36-8(2)3,37-9(4)5)18(34,35)17(32,33)16(30,31)15(28,29)14(26,27)13(24,25)12(22,23)11(20,21)10(6)19/h8-10H,7H2,1-6H3. The fourth-order valence-electron chi connectivity index (χ4n) is 3.01. The molecule has 0 saturated heterocycles. The Morgan fingerprint density at radius 3 is 1.00 bits per heavy atom. The maximum absolute atomic E-state index is 15.0. The molecule has 0 saturated carbocycles. The summed E-state index contributed by atoms with van der Waals surface area (Å²) in [6.45, 7) is 3.33. The van der Waals surface area contributed by atoms with Crippen LogP contribution in [0.1, 0.15) is 41.5 Å². The van der Waals surface area contributed by atoms with Gasteiger partial charge < -0.3 is 8.85 Å². The molecule has 0 fully saturated rings. The van der Waals surface area contributed by atoms with E-state index in [1.165, 1.54) is 0 Å². The maximum Gasteiger partial charge on any atom is 0.422 e. The van der Waals surface area contributed by atoms with Gasteiger partial charge in [0.2, 0.25) is 0 Å². The molecule has 0 aliphatic rings. The fraction of sp³-hybridized carbons (Fsp3) is 1.00. The average Bonchev–Trinajstić information content (AvgIpc) is 2.70. The predicted octanol–water partition coefficient (Wildman–Crippen LogP) is 8.28. The molecule has 0 aliphatic carbocycles. The molecule has 0 amide bonds. The Kier molecular flexibility index (Phi) is 10.1. The second-order valence-corrected chi connectivity index (χ2v) is 12.0. The second kappa shape index (κ2) is 10.4. The van der Waals surface area contributed by atoms with Crippen molar-refractivity contribution in [1.29, 1.82) is 0 Å². The molecule has 0 bridgehead atoms. The van der Waals surface area contributed by atoms with Crippen molar-refractivity contribution in [3.05, 3.63) is 0 Å². The summed E-state index contributed by atoms with van der Waals surface area (Å²) in [5, 5.41) is 0. The molecule has 0 radical (unpaired) electrons. The van der Waals surface area contributed by atoms with Gasteiger partial charge >= 0.3 is 55.6 Å². The first kappa shape index (κ1) is 36.9. The van der Waals surface area contributed by atoms with Crippen LogP contribution in [0.15, 0.2) is 0 Å². The summed E-state index contributed by atoms with van der Waals surface area (Å²) in [7, 11) is -6.28. The van der Waals surface area contributed by atoms with Crippen LogP contribution in [0.3, 0.4) is 0 Å². The highest BCUT2D eigenvalue weighted by atomic mass is 28.4. The van der Waals surface area contributed by atoms with Crippen LogP contribution in [-0.2, 0) is 8.85 Å². The zero-order chi connectivity index (χ0) is 31.4. The molecule has 0 aromatic carbocycles. The molecule has 0 N–H and O–H groups in total. The van der Waals surface area contributed by atoms with Gasteiger partial charge in [-0.05, 0) is 40.7 Å². The molecule has 38 heavy (non-hydrogen) atoms. The molecule has 0 spiro atoms. The first-order chi connectivity index (χ1) is 16.3. The first-order valence-corrected chi connectivity index (χ1v) is 12.4. The number of halogens is 17. The SMILES string of the molecule is CC[Si](OC(C)C)(OC(C)C)C(F)(F)C(F)(F)C(F)(F)C(F)(F)C(F)(F)C(F)(F)C(F)(F)C(F)(F)C(C)F. The summed E-state index contributed by atoms with van der Waals surface area (Å²) in [5.41, 5.74) is -6.68. The fourth-order valence-corrected chi connectivity index (χ4v) is 6.30. The topological polar surface area (TPSA) is 18.5 Å². The number of rotatable bonds is 14. The molecule has 0 aromatic heterocycles. The van der Waals surface area contributed by atoms with Gasteiger partial charge in [-0.25, -0.2) is 4.39 Å². The second-order valence-electron chi connectivity index (χ2n) is 8.70. The van der Waals surface area contributed by atoms with Crippen LogP contribution < -0.4 is 0 Å². The van der Waals surface area contributed by atoms with Crippen molar-refractivity contribution in [2.75, 3.05) is 0 Å². The van der Waals surface area contributed by atoms with E-state index in [4.69, 9.17) is 0 Å². The van der Waals surface area contributed by atoms with Crippen molar-refractivity contribution in [3.63, 3.8) is 0 Å². The molecule has 20 heteroatoms. The maximum atomic E-state index is 15.0. The quantitative estimate of drug-likeness (QED) is 0.144. The van der Waals surface area contributed by atoms with E-state index >= 15 is 0 Å². The molecule has 0 aliphatic heterocycles. The Balaban J connectivity index is 7.26. The van der Waals surface area contributed by atoms with Gasteiger partial charge in [-0.2, -0.15) is 70.2 Å². The summed E-state index contributed by atoms with van der Waals surface area (Å²) in [6.07, 6.45) is -7.69. The molecule has 0 aromatic rings. The van der Waals surface area contributed by atoms with Crippen LogP contribution in [-0.4, -0.2) is 73.9 Å². The van der Waals surface area contributed by atoms with Crippen LogP contribution in [0.4, 0.5) is 74.6 Å². The van der Waals surface area contributed by atoms with E-state index < -0.39 is 86.9 Å². The lowest BCUT2D eigenvalue weighted by atomic mass is 9.88. The molecular formula is C18H23F17O2Si. The van der Waals surface area contributed by atoms with Gasteiger partial charge in [0.05, 0.1) is 0 Å². The van der Waals surface area contributed by atoms with Crippen molar-refractivity contribution < 1.29 is 83.5 Å². The monoisotopic (exact) mass is 622 g/mol. The van der Waals surface area contributed by atoms with Crippen molar-refractivity contribution in [1.82, 2.24) is 0 Å². The van der Waals surface area contributed by atoms with Crippen LogP contribution in [0.5, 0.6) is 0 Å². The number of hydrogen-bond donors (Lipinski definition) is 0. The first-order valence-electron chi connectivity index (χ1n) is 10.4. The predicted molar refractivity (Wildman–Crippen MR) is 98.8 cm³/mol. The number of alkyl halides is 17. The minimum Gasteiger partial charge on any atom is -0.388 e. The van der Waals surface area contributed by atoms with Crippen molar-refractivity contribution in [2.24, 2.45) is 0 Å². The molecule has 0 heterocycles. The zero-order valence-electron chi connectivity index (χ0n) is 20.2. The van der Waals surface area contributed by atoms with Gasteiger partial charge in [0.25, 0.3) is 0 Å². The van der Waals surface area contributed by atoms with Crippen LogP contribution in [0.25, 0.3) is 0 Å². The third-order valence-corrected chi connectivity index (χ3v) is 8.99. The molecule has 2 nitrogen and oxygen atoms in total. The third-order valence-electron chi connectivity index (χ3n) is 5.08.